The number of hydrogen-bond acceptors (Lipinski definition) is 7. The number of alkyl carbamates (subject to hydrolysis) is 1. The van der Waals surface area contributed by atoms with Crippen molar-refractivity contribution in [1.82, 2.24) is 5.32 Å². The van der Waals surface area contributed by atoms with Crippen LogP contribution in [0.1, 0.15) is 22.3 Å². The lowest BCUT2D eigenvalue weighted by Gasteiger charge is -2.18. The molecule has 0 aliphatic carbocycles. The number of benzene rings is 3. The molecule has 1 atom stereocenters. The van der Waals surface area contributed by atoms with Crippen molar-refractivity contribution in [1.29, 1.82) is 0 Å². The first-order chi connectivity index (χ1) is 16.5. The van der Waals surface area contributed by atoms with Gasteiger partial charge in [-0.1, -0.05) is 48.5 Å². The van der Waals surface area contributed by atoms with Crippen LogP contribution >= 0.6 is 11.8 Å². The van der Waals surface area contributed by atoms with Gasteiger partial charge in [-0.15, -0.1) is 11.8 Å². The van der Waals surface area contributed by atoms with Crippen molar-refractivity contribution in [3.63, 3.8) is 0 Å². The van der Waals surface area contributed by atoms with Gasteiger partial charge in [0.25, 0.3) is 5.69 Å². The van der Waals surface area contributed by atoms with Gasteiger partial charge in [-0.3, -0.25) is 10.1 Å². The maximum absolute atomic E-state index is 12.3. The Balaban J connectivity index is 1.52. The highest BCUT2D eigenvalue weighted by molar-refractivity contribution is 7.99. The van der Waals surface area contributed by atoms with Gasteiger partial charge in [-0.25, -0.2) is 9.59 Å². The lowest BCUT2D eigenvalue weighted by molar-refractivity contribution is -0.384. The summed E-state index contributed by atoms with van der Waals surface area (Å²) in [5.41, 5.74) is 0.994. The summed E-state index contributed by atoms with van der Waals surface area (Å²) in [7, 11) is 0. The summed E-state index contributed by atoms with van der Waals surface area (Å²) >= 11 is 1.57. The third-order valence-corrected chi connectivity index (χ3v) is 5.92. The van der Waals surface area contributed by atoms with Gasteiger partial charge in [-0.05, 0) is 29.8 Å². The van der Waals surface area contributed by atoms with Crippen molar-refractivity contribution in [3.8, 4) is 0 Å². The van der Waals surface area contributed by atoms with Crippen LogP contribution in [-0.2, 0) is 16.1 Å². The van der Waals surface area contributed by atoms with Crippen LogP contribution in [0.15, 0.2) is 89.8 Å². The molecule has 9 heteroatoms. The fourth-order valence-electron chi connectivity index (χ4n) is 2.94. The molecule has 8 nitrogen and oxygen atoms in total. The Morgan fingerprint density at radius 3 is 2.21 bits per heavy atom. The number of hydrogen-bond donors (Lipinski definition) is 1. The first-order valence-electron chi connectivity index (χ1n) is 10.6. The van der Waals surface area contributed by atoms with E-state index in [1.54, 1.807) is 11.8 Å². The van der Waals surface area contributed by atoms with Gasteiger partial charge < -0.3 is 14.8 Å². The summed E-state index contributed by atoms with van der Waals surface area (Å²) in [4.78, 5) is 35.9. The third kappa shape index (κ3) is 8.25. The predicted octanol–water partition coefficient (Wildman–Crippen LogP) is 5.23. The molecule has 0 bridgehead atoms. The molecule has 0 unspecified atom stereocenters. The predicted molar refractivity (Wildman–Crippen MR) is 129 cm³/mol. The Hall–Kier alpha value is -3.85. The summed E-state index contributed by atoms with van der Waals surface area (Å²) < 4.78 is 10.6. The quantitative estimate of drug-likeness (QED) is 0.173. The number of nitrogens with zero attached hydrogens (tertiary/aromatic N) is 1. The average Bonchev–Trinajstić information content (AvgIpc) is 2.87. The number of nitrogens with one attached hydrogen (secondary N) is 1. The van der Waals surface area contributed by atoms with Gasteiger partial charge in [0.05, 0.1) is 17.1 Å². The third-order valence-electron chi connectivity index (χ3n) is 4.74. The van der Waals surface area contributed by atoms with Crippen LogP contribution in [0.4, 0.5) is 10.5 Å². The monoisotopic (exact) mass is 480 g/mol. The molecule has 0 aliphatic rings. The molecule has 1 amide bonds. The van der Waals surface area contributed by atoms with Gasteiger partial charge in [0.1, 0.15) is 6.61 Å². The fourth-order valence-corrected chi connectivity index (χ4v) is 3.93. The summed E-state index contributed by atoms with van der Waals surface area (Å²) in [5.74, 6) is -0.0319. The normalized spacial score (nSPS) is 11.3. The van der Waals surface area contributed by atoms with Crippen molar-refractivity contribution in [3.05, 3.63) is 106 Å². The van der Waals surface area contributed by atoms with Crippen molar-refractivity contribution >= 4 is 29.5 Å². The van der Waals surface area contributed by atoms with Crippen LogP contribution in [0.25, 0.3) is 0 Å². The van der Waals surface area contributed by atoms with E-state index < -0.39 is 17.0 Å². The van der Waals surface area contributed by atoms with Crippen LogP contribution in [0.5, 0.6) is 0 Å². The first kappa shape index (κ1) is 24.8. The molecule has 1 N–H and O–H groups in total. The second kappa shape index (κ2) is 13.0. The lowest BCUT2D eigenvalue weighted by atomic mass is 10.2. The first-order valence-corrected chi connectivity index (χ1v) is 11.6. The highest BCUT2D eigenvalue weighted by atomic mass is 32.2. The van der Waals surface area contributed by atoms with Gasteiger partial charge >= 0.3 is 12.1 Å². The zero-order chi connectivity index (χ0) is 24.2. The number of carbonyl (C=O) groups is 2. The molecule has 3 rings (SSSR count). The van der Waals surface area contributed by atoms with E-state index in [1.807, 2.05) is 60.7 Å². The van der Waals surface area contributed by atoms with Gasteiger partial charge in [0, 0.05) is 35.2 Å². The van der Waals surface area contributed by atoms with E-state index in [0.29, 0.717) is 12.2 Å². The standard InChI is InChI=1S/C25H24N2O6S/c28-24(20-11-13-22(14-12-20)27(30)31)32-16-15-21(18-34-23-9-5-2-6-10-23)26-25(29)33-17-19-7-3-1-4-8-19/h1-14,21H,15-18H2,(H,26,29)/t21-/m1/s1. The topological polar surface area (TPSA) is 108 Å². The molecule has 0 heterocycles. The number of amides is 1. The number of carbonyl (C=O) groups excluding carboxylic acids is 2. The number of non-ortho nitro benzene ring substituents is 1. The van der Waals surface area contributed by atoms with E-state index in [1.165, 1.54) is 24.3 Å². The number of rotatable bonds is 11. The summed E-state index contributed by atoms with van der Waals surface area (Å²) in [5, 5.41) is 13.6. The van der Waals surface area contributed by atoms with Crippen LogP contribution < -0.4 is 5.32 Å². The summed E-state index contributed by atoms with van der Waals surface area (Å²) in [6.45, 7) is 0.217. The van der Waals surface area contributed by atoms with E-state index in [2.05, 4.69) is 5.32 Å². The van der Waals surface area contributed by atoms with Gasteiger partial charge in [0.15, 0.2) is 0 Å². The summed E-state index contributed by atoms with van der Waals surface area (Å²) in [6.07, 6.45) is -0.178. The minimum Gasteiger partial charge on any atom is -0.462 e. The van der Waals surface area contributed by atoms with Gasteiger partial charge in [-0.2, -0.15) is 0 Å². The Morgan fingerprint density at radius 1 is 0.912 bits per heavy atom. The fraction of sp³-hybridized carbons (Fsp3) is 0.200. The van der Waals surface area contributed by atoms with Crippen molar-refractivity contribution in [2.24, 2.45) is 0 Å². The lowest BCUT2D eigenvalue weighted by Crippen LogP contribution is -2.38. The molecule has 0 saturated heterocycles. The molecular weight excluding hydrogens is 456 g/mol. The van der Waals surface area contributed by atoms with E-state index in [-0.39, 0.29) is 30.5 Å². The molecule has 34 heavy (non-hydrogen) atoms. The molecule has 0 spiro atoms. The van der Waals surface area contributed by atoms with E-state index in [4.69, 9.17) is 9.47 Å². The molecule has 176 valence electrons. The minimum absolute atomic E-state index is 0.0643. The Morgan fingerprint density at radius 2 is 1.56 bits per heavy atom. The second-order valence-electron chi connectivity index (χ2n) is 7.26. The number of thioether (sulfide) groups is 1. The van der Waals surface area contributed by atoms with Crippen LogP contribution in [0, 0.1) is 10.1 Å². The zero-order valence-electron chi connectivity index (χ0n) is 18.3. The van der Waals surface area contributed by atoms with E-state index in [9.17, 15) is 19.7 Å². The number of nitro benzene ring substituents is 1. The van der Waals surface area contributed by atoms with Gasteiger partial charge in [0.2, 0.25) is 0 Å². The molecule has 3 aromatic rings. The van der Waals surface area contributed by atoms with Crippen LogP contribution in [-0.4, -0.2) is 35.4 Å². The highest BCUT2D eigenvalue weighted by Crippen LogP contribution is 2.19. The smallest absolute Gasteiger partial charge is 0.407 e. The van der Waals surface area contributed by atoms with Crippen molar-refractivity contribution in [2.75, 3.05) is 12.4 Å². The second-order valence-corrected chi connectivity index (χ2v) is 8.35. The van der Waals surface area contributed by atoms with Crippen molar-refractivity contribution < 1.29 is 24.0 Å². The summed E-state index contributed by atoms with van der Waals surface area (Å²) in [6, 6.07) is 24.0. The highest BCUT2D eigenvalue weighted by Gasteiger charge is 2.16. The maximum atomic E-state index is 12.3. The van der Waals surface area contributed by atoms with Crippen molar-refractivity contribution in [2.45, 2.75) is 24.0 Å². The molecule has 3 aromatic carbocycles. The number of ether oxygens (including phenoxy) is 2. The molecule has 0 saturated carbocycles. The molecular formula is C25H24N2O6S. The average molecular weight is 481 g/mol. The zero-order valence-corrected chi connectivity index (χ0v) is 19.1. The van der Waals surface area contributed by atoms with E-state index in [0.717, 1.165) is 10.5 Å². The maximum Gasteiger partial charge on any atom is 0.407 e. The molecule has 0 aliphatic heterocycles. The van der Waals surface area contributed by atoms with Crippen LogP contribution in [0.3, 0.4) is 0 Å². The number of esters is 1. The Kier molecular flexibility index (Phi) is 9.48. The Labute approximate surface area is 201 Å². The number of nitro groups is 1. The molecule has 0 radical (unpaired) electrons. The van der Waals surface area contributed by atoms with Crippen LogP contribution in [0.2, 0.25) is 0 Å². The largest absolute Gasteiger partial charge is 0.462 e. The Bertz CT molecular complexity index is 1080. The van der Waals surface area contributed by atoms with E-state index >= 15 is 0 Å². The minimum atomic E-state index is -0.587. The molecule has 0 aromatic heterocycles. The SMILES string of the molecule is O=C(N[C@H](CCOC(=O)c1ccc([N+](=O)[O-])cc1)CSc1ccccc1)OCc1ccccc1. The molecule has 0 fully saturated rings.